The first-order chi connectivity index (χ1) is 14.1. The summed E-state index contributed by atoms with van der Waals surface area (Å²) in [5, 5.41) is 15.5. The quantitative estimate of drug-likeness (QED) is 0.624. The summed E-state index contributed by atoms with van der Waals surface area (Å²) < 4.78 is 5.67. The average Bonchev–Trinajstić information content (AvgIpc) is 3.06. The number of amides is 1. The minimum Gasteiger partial charge on any atom is -0.480 e. The molecule has 3 saturated carbocycles. The number of carbonyl (C=O) groups is 2. The van der Waals surface area contributed by atoms with Crippen molar-refractivity contribution in [3.8, 4) is 0 Å². The lowest BCUT2D eigenvalue weighted by Crippen LogP contribution is -2.44. The van der Waals surface area contributed by atoms with Crippen LogP contribution >= 0.6 is 0 Å². The Balaban J connectivity index is 1.31. The third-order valence-corrected chi connectivity index (χ3v) is 8.42. The van der Waals surface area contributed by atoms with Crippen LogP contribution in [-0.2, 0) is 9.53 Å². The SMILES string of the molecule is O=C(NC(CC1CCNCC1)C(=O)O)OCC1C2CCCCC2C2CCCCC21. The molecule has 1 saturated heterocycles. The predicted octanol–water partition coefficient (Wildman–Crippen LogP) is 3.80. The van der Waals surface area contributed by atoms with Gasteiger partial charge in [-0.25, -0.2) is 9.59 Å². The molecule has 0 spiro atoms. The van der Waals surface area contributed by atoms with E-state index in [2.05, 4.69) is 10.6 Å². The normalized spacial score (nSPS) is 35.9. The third kappa shape index (κ3) is 4.89. The molecule has 4 fully saturated rings. The highest BCUT2D eigenvalue weighted by Crippen LogP contribution is 2.57. The van der Waals surface area contributed by atoms with Gasteiger partial charge >= 0.3 is 12.1 Å². The van der Waals surface area contributed by atoms with Crippen LogP contribution < -0.4 is 10.6 Å². The van der Waals surface area contributed by atoms with Crippen molar-refractivity contribution >= 4 is 12.1 Å². The maximum atomic E-state index is 12.5. The lowest BCUT2D eigenvalue weighted by atomic mass is 9.73. The summed E-state index contributed by atoms with van der Waals surface area (Å²) in [6.45, 7) is 2.32. The van der Waals surface area contributed by atoms with Gasteiger partial charge in [0, 0.05) is 0 Å². The Morgan fingerprint density at radius 1 is 0.897 bits per heavy atom. The number of hydrogen-bond acceptors (Lipinski definition) is 4. The van der Waals surface area contributed by atoms with E-state index >= 15 is 0 Å². The second kappa shape index (κ2) is 9.67. The lowest BCUT2D eigenvalue weighted by Gasteiger charge is -2.32. The van der Waals surface area contributed by atoms with Gasteiger partial charge in [-0.1, -0.05) is 25.7 Å². The number of hydrogen-bond donors (Lipinski definition) is 3. The molecule has 1 amide bonds. The van der Waals surface area contributed by atoms with Crippen molar-refractivity contribution in [1.82, 2.24) is 10.6 Å². The fourth-order valence-electron chi connectivity index (χ4n) is 7.10. The van der Waals surface area contributed by atoms with Crippen LogP contribution in [0.2, 0.25) is 0 Å². The molecule has 3 N–H and O–H groups in total. The van der Waals surface area contributed by atoms with Gasteiger partial charge in [0.15, 0.2) is 0 Å². The maximum absolute atomic E-state index is 12.5. The van der Waals surface area contributed by atoms with Gasteiger partial charge in [-0.2, -0.15) is 0 Å². The second-order valence-corrected chi connectivity index (χ2v) is 9.95. The Hall–Kier alpha value is -1.30. The van der Waals surface area contributed by atoms with Crippen LogP contribution in [0.5, 0.6) is 0 Å². The number of fused-ring (bicyclic) bond motifs is 3. The summed E-state index contributed by atoms with van der Waals surface area (Å²) in [5.74, 6) is 2.93. The largest absolute Gasteiger partial charge is 0.480 e. The fourth-order valence-corrected chi connectivity index (χ4v) is 7.10. The van der Waals surface area contributed by atoms with Gasteiger partial charge in [-0.15, -0.1) is 0 Å². The molecule has 0 aromatic heterocycles. The highest BCUT2D eigenvalue weighted by Gasteiger charge is 2.51. The zero-order chi connectivity index (χ0) is 20.2. The standard InChI is InChI=1S/C23H38N2O4/c26-22(27)21(13-15-9-11-24-12-10-15)25-23(28)29-14-20-18-7-3-1-5-16(18)17-6-2-4-8-19(17)20/h15-21,24H,1-14H2,(H,25,28)(H,26,27). The van der Waals surface area contributed by atoms with E-state index in [-0.39, 0.29) is 0 Å². The summed E-state index contributed by atoms with van der Waals surface area (Å²) in [6.07, 6.45) is 12.5. The Bertz CT molecular complexity index is 555. The van der Waals surface area contributed by atoms with Crippen LogP contribution in [0.4, 0.5) is 4.79 Å². The van der Waals surface area contributed by atoms with Crippen molar-refractivity contribution in [3.05, 3.63) is 0 Å². The maximum Gasteiger partial charge on any atom is 0.407 e. The van der Waals surface area contributed by atoms with Gasteiger partial charge < -0.3 is 20.5 Å². The average molecular weight is 407 g/mol. The highest BCUT2D eigenvalue weighted by atomic mass is 16.5. The van der Waals surface area contributed by atoms with Gasteiger partial charge in [-0.3, -0.25) is 0 Å². The van der Waals surface area contributed by atoms with Crippen LogP contribution in [0.25, 0.3) is 0 Å². The molecular formula is C23H38N2O4. The molecule has 0 bridgehead atoms. The van der Waals surface area contributed by atoms with Crippen molar-refractivity contribution in [2.45, 2.75) is 76.7 Å². The molecule has 5 atom stereocenters. The molecule has 6 nitrogen and oxygen atoms in total. The van der Waals surface area contributed by atoms with Crippen molar-refractivity contribution in [2.24, 2.45) is 35.5 Å². The summed E-state index contributed by atoms with van der Waals surface area (Å²) in [5.41, 5.74) is 0. The summed E-state index contributed by atoms with van der Waals surface area (Å²) in [6, 6.07) is -0.848. The van der Waals surface area contributed by atoms with Gasteiger partial charge in [0.25, 0.3) is 0 Å². The van der Waals surface area contributed by atoms with Crippen molar-refractivity contribution in [1.29, 1.82) is 0 Å². The van der Waals surface area contributed by atoms with E-state index in [1.54, 1.807) is 0 Å². The number of aliphatic carboxylic acids is 1. The van der Waals surface area contributed by atoms with Crippen LogP contribution in [0, 0.1) is 35.5 Å². The van der Waals surface area contributed by atoms with E-state index in [1.165, 1.54) is 51.4 Å². The highest BCUT2D eigenvalue weighted by molar-refractivity contribution is 5.79. The van der Waals surface area contributed by atoms with E-state index in [9.17, 15) is 14.7 Å². The van der Waals surface area contributed by atoms with Crippen LogP contribution in [0.1, 0.15) is 70.6 Å². The Morgan fingerprint density at radius 2 is 1.45 bits per heavy atom. The number of carboxylic acids is 1. The topological polar surface area (TPSA) is 87.7 Å². The molecule has 4 rings (SSSR count). The zero-order valence-corrected chi connectivity index (χ0v) is 17.6. The smallest absolute Gasteiger partial charge is 0.407 e. The number of alkyl carbamates (subject to hydrolysis) is 1. The Morgan fingerprint density at radius 3 is 2.00 bits per heavy atom. The number of carboxylic acid groups (broad SMARTS) is 1. The molecule has 0 radical (unpaired) electrons. The monoisotopic (exact) mass is 406 g/mol. The molecule has 0 aromatic rings. The molecule has 6 heteroatoms. The first kappa shape index (κ1) is 21.0. The Kier molecular flexibility index (Phi) is 6.99. The number of carbonyl (C=O) groups excluding carboxylic acids is 1. The fraction of sp³-hybridized carbons (Fsp3) is 0.913. The summed E-state index contributed by atoms with van der Waals surface area (Å²) >= 11 is 0. The van der Waals surface area contributed by atoms with Crippen molar-refractivity contribution < 1.29 is 19.4 Å². The van der Waals surface area contributed by atoms with E-state index in [0.717, 1.165) is 37.8 Å². The number of ether oxygens (including phenoxy) is 1. The number of piperidine rings is 1. The molecular weight excluding hydrogens is 368 g/mol. The first-order valence-electron chi connectivity index (χ1n) is 12.0. The number of nitrogens with one attached hydrogen (secondary N) is 2. The first-order valence-corrected chi connectivity index (χ1v) is 12.0. The second-order valence-electron chi connectivity index (χ2n) is 9.95. The summed E-state index contributed by atoms with van der Waals surface area (Å²) in [7, 11) is 0. The van der Waals surface area contributed by atoms with E-state index < -0.39 is 18.1 Å². The van der Waals surface area contributed by atoms with Crippen molar-refractivity contribution in [2.75, 3.05) is 19.7 Å². The van der Waals surface area contributed by atoms with Crippen molar-refractivity contribution in [3.63, 3.8) is 0 Å². The predicted molar refractivity (Wildman–Crippen MR) is 111 cm³/mol. The minimum atomic E-state index is -0.957. The van der Waals surface area contributed by atoms with E-state index in [1.807, 2.05) is 0 Å². The molecule has 29 heavy (non-hydrogen) atoms. The molecule has 4 aliphatic rings. The van der Waals surface area contributed by atoms with Crippen LogP contribution in [0.3, 0.4) is 0 Å². The third-order valence-electron chi connectivity index (χ3n) is 8.42. The molecule has 1 aliphatic heterocycles. The van der Waals surface area contributed by atoms with Crippen LogP contribution in [0.15, 0.2) is 0 Å². The summed E-state index contributed by atoms with van der Waals surface area (Å²) in [4.78, 5) is 24.1. The van der Waals surface area contributed by atoms with E-state index in [4.69, 9.17) is 4.74 Å². The Labute approximate surface area is 174 Å². The molecule has 1 heterocycles. The van der Waals surface area contributed by atoms with Crippen LogP contribution in [-0.4, -0.2) is 42.9 Å². The van der Waals surface area contributed by atoms with Gasteiger partial charge in [0.1, 0.15) is 6.04 Å². The molecule has 3 aliphatic carbocycles. The molecule has 5 unspecified atom stereocenters. The number of rotatable bonds is 6. The van der Waals surface area contributed by atoms with E-state index in [0.29, 0.717) is 36.7 Å². The molecule has 0 aromatic carbocycles. The minimum absolute atomic E-state index is 0.346. The lowest BCUT2D eigenvalue weighted by molar-refractivity contribution is -0.139. The zero-order valence-electron chi connectivity index (χ0n) is 17.6. The molecule has 164 valence electrons. The van der Waals surface area contributed by atoms with Gasteiger partial charge in [-0.05, 0) is 93.5 Å². The van der Waals surface area contributed by atoms with Gasteiger partial charge in [0.2, 0.25) is 0 Å². The van der Waals surface area contributed by atoms with Gasteiger partial charge in [0.05, 0.1) is 6.61 Å².